The molecule has 0 aliphatic rings. The lowest BCUT2D eigenvalue weighted by Crippen LogP contribution is -2.53. The topological polar surface area (TPSA) is 86.8 Å². The first-order valence-corrected chi connectivity index (χ1v) is 15.4. The summed E-state index contributed by atoms with van der Waals surface area (Å²) in [7, 11) is -4.11. The highest BCUT2D eigenvalue weighted by molar-refractivity contribution is 7.92. The first-order valence-electron chi connectivity index (χ1n) is 13.6. The zero-order chi connectivity index (χ0) is 29.3. The number of hydrogen-bond acceptors (Lipinski definition) is 4. The van der Waals surface area contributed by atoms with Crippen molar-refractivity contribution < 1.29 is 18.0 Å². The van der Waals surface area contributed by atoms with E-state index in [1.807, 2.05) is 45.9 Å². The van der Waals surface area contributed by atoms with Crippen molar-refractivity contribution in [3.63, 3.8) is 0 Å². The fourth-order valence-electron chi connectivity index (χ4n) is 4.46. The fraction of sp³-hybridized carbons (Fsp3) is 0.355. The van der Waals surface area contributed by atoms with Gasteiger partial charge in [-0.05, 0) is 61.6 Å². The molecule has 0 fully saturated rings. The first kappa shape index (κ1) is 31.2. The Morgan fingerprint density at radius 1 is 0.850 bits per heavy atom. The Hall–Kier alpha value is -3.36. The Bertz CT molecular complexity index is 1400. The largest absolute Gasteiger partial charge is 0.352 e. The fourth-order valence-corrected chi connectivity index (χ4v) is 6.13. The molecule has 3 rings (SSSR count). The van der Waals surface area contributed by atoms with Gasteiger partial charge in [0, 0.05) is 17.6 Å². The van der Waals surface area contributed by atoms with E-state index in [0.29, 0.717) is 29.1 Å². The predicted molar refractivity (Wildman–Crippen MR) is 161 cm³/mol. The van der Waals surface area contributed by atoms with E-state index in [9.17, 15) is 18.0 Å². The maximum atomic E-state index is 14.2. The average Bonchev–Trinajstić information content (AvgIpc) is 2.96. The molecule has 0 aromatic heterocycles. The van der Waals surface area contributed by atoms with E-state index >= 15 is 0 Å². The van der Waals surface area contributed by atoms with Gasteiger partial charge in [0.15, 0.2) is 0 Å². The summed E-state index contributed by atoms with van der Waals surface area (Å²) in [5.74, 6) is -0.792. The number of anilines is 1. The van der Waals surface area contributed by atoms with Crippen LogP contribution in [0.2, 0.25) is 5.02 Å². The molecule has 0 aliphatic heterocycles. The van der Waals surface area contributed by atoms with Crippen LogP contribution in [0, 0.1) is 0 Å². The molecular formula is C31H38ClN3O4S. The van der Waals surface area contributed by atoms with Crippen LogP contribution in [0.1, 0.15) is 51.7 Å². The number of sulfonamides is 1. The Balaban J connectivity index is 2.10. The van der Waals surface area contributed by atoms with Crippen molar-refractivity contribution in [1.82, 2.24) is 10.2 Å². The van der Waals surface area contributed by atoms with Gasteiger partial charge in [-0.15, -0.1) is 0 Å². The highest BCUT2D eigenvalue weighted by Crippen LogP contribution is 2.28. The number of carbonyl (C=O) groups is 2. The van der Waals surface area contributed by atoms with E-state index in [4.69, 9.17) is 11.6 Å². The number of nitrogens with zero attached hydrogens (tertiary/aromatic N) is 2. The molecule has 1 N–H and O–H groups in total. The molecule has 40 heavy (non-hydrogen) atoms. The van der Waals surface area contributed by atoms with Gasteiger partial charge in [-0.3, -0.25) is 13.9 Å². The molecule has 214 valence electrons. The highest BCUT2D eigenvalue weighted by atomic mass is 35.5. The van der Waals surface area contributed by atoms with Crippen molar-refractivity contribution in [3.05, 3.63) is 95.0 Å². The Morgan fingerprint density at radius 2 is 1.45 bits per heavy atom. The first-order chi connectivity index (χ1) is 19.1. The Labute approximate surface area is 243 Å². The van der Waals surface area contributed by atoms with Crippen LogP contribution in [0.3, 0.4) is 0 Å². The lowest BCUT2D eigenvalue weighted by atomic mass is 10.1. The summed E-state index contributed by atoms with van der Waals surface area (Å²) in [5, 5.41) is 3.44. The van der Waals surface area contributed by atoms with Crippen LogP contribution < -0.4 is 9.62 Å². The van der Waals surface area contributed by atoms with Crippen LogP contribution in [0.4, 0.5) is 5.69 Å². The molecule has 3 aromatic carbocycles. The third-order valence-corrected chi connectivity index (χ3v) is 9.08. The zero-order valence-corrected chi connectivity index (χ0v) is 25.1. The molecule has 2 unspecified atom stereocenters. The molecule has 2 atom stereocenters. The standard InChI is InChI=1S/C31H38ClN3O4S/c1-5-23(4)33-31(37)28(7-3)34(21-25-16-11-13-19-27(25)32)30(36)22-35(29-20-14-12-15-24(29)6-2)40(38,39)26-17-9-8-10-18-26/h8-20,23,28H,5-7,21-22H2,1-4H3,(H,33,37). The van der Waals surface area contributed by atoms with Gasteiger partial charge in [-0.1, -0.05) is 87.0 Å². The molecule has 7 nitrogen and oxygen atoms in total. The van der Waals surface area contributed by atoms with Crippen LogP contribution in [-0.4, -0.2) is 43.8 Å². The average molecular weight is 584 g/mol. The normalized spacial score (nSPS) is 12.8. The lowest BCUT2D eigenvalue weighted by Gasteiger charge is -2.34. The van der Waals surface area contributed by atoms with E-state index in [1.165, 1.54) is 17.0 Å². The molecule has 0 bridgehead atoms. The summed E-state index contributed by atoms with van der Waals surface area (Å²) in [6.07, 6.45) is 1.65. The third-order valence-electron chi connectivity index (χ3n) is 6.94. The van der Waals surface area contributed by atoms with E-state index in [0.717, 1.165) is 16.3 Å². The number of hydrogen-bond donors (Lipinski definition) is 1. The van der Waals surface area contributed by atoms with Crippen molar-refractivity contribution in [1.29, 1.82) is 0 Å². The number of rotatable bonds is 13. The van der Waals surface area contributed by atoms with Gasteiger partial charge < -0.3 is 10.2 Å². The minimum Gasteiger partial charge on any atom is -0.352 e. The molecular weight excluding hydrogens is 546 g/mol. The van der Waals surface area contributed by atoms with Gasteiger partial charge in [0.05, 0.1) is 10.6 Å². The molecule has 0 radical (unpaired) electrons. The van der Waals surface area contributed by atoms with Crippen molar-refractivity contribution in [2.75, 3.05) is 10.8 Å². The molecule has 2 amide bonds. The minimum atomic E-state index is -4.11. The van der Waals surface area contributed by atoms with Crippen LogP contribution in [-0.2, 0) is 32.6 Å². The van der Waals surface area contributed by atoms with Gasteiger partial charge in [0.2, 0.25) is 11.8 Å². The number of aryl methyl sites for hydroxylation is 1. The number of para-hydroxylation sites is 1. The molecule has 0 saturated carbocycles. The van der Waals surface area contributed by atoms with Crippen molar-refractivity contribution in [3.8, 4) is 0 Å². The maximum Gasteiger partial charge on any atom is 0.264 e. The number of halogens is 1. The predicted octanol–water partition coefficient (Wildman–Crippen LogP) is 5.82. The summed E-state index contributed by atoms with van der Waals surface area (Å²) in [6.45, 7) is 7.21. The smallest absolute Gasteiger partial charge is 0.264 e. The molecule has 0 spiro atoms. The van der Waals surface area contributed by atoms with Crippen LogP contribution >= 0.6 is 11.6 Å². The SMILES string of the molecule is CCc1ccccc1N(CC(=O)N(Cc1ccccc1Cl)C(CC)C(=O)NC(C)CC)S(=O)(=O)c1ccccc1. The van der Waals surface area contributed by atoms with Crippen molar-refractivity contribution >= 4 is 39.1 Å². The zero-order valence-electron chi connectivity index (χ0n) is 23.5. The molecule has 0 saturated heterocycles. The van der Waals surface area contributed by atoms with E-state index in [1.54, 1.807) is 48.5 Å². The second kappa shape index (κ2) is 14.3. The number of amides is 2. The Kier molecular flexibility index (Phi) is 11.2. The second-order valence-corrected chi connectivity index (χ2v) is 11.9. The molecule has 0 aliphatic carbocycles. The number of benzene rings is 3. The monoisotopic (exact) mass is 583 g/mol. The van der Waals surface area contributed by atoms with Gasteiger partial charge in [-0.2, -0.15) is 0 Å². The third kappa shape index (κ3) is 7.43. The van der Waals surface area contributed by atoms with E-state index in [2.05, 4.69) is 5.32 Å². The molecule has 0 heterocycles. The number of nitrogens with one attached hydrogen (secondary N) is 1. The van der Waals surface area contributed by atoms with Crippen LogP contribution in [0.15, 0.2) is 83.8 Å². The van der Waals surface area contributed by atoms with Gasteiger partial charge in [0.1, 0.15) is 12.6 Å². The van der Waals surface area contributed by atoms with Crippen LogP contribution in [0.25, 0.3) is 0 Å². The van der Waals surface area contributed by atoms with Crippen molar-refractivity contribution in [2.24, 2.45) is 0 Å². The highest BCUT2D eigenvalue weighted by Gasteiger charge is 2.34. The molecule has 3 aromatic rings. The molecule has 9 heteroatoms. The summed E-state index contributed by atoms with van der Waals surface area (Å²) in [5.41, 5.74) is 1.88. The van der Waals surface area contributed by atoms with Crippen molar-refractivity contribution in [2.45, 2.75) is 70.5 Å². The minimum absolute atomic E-state index is 0.0551. The van der Waals surface area contributed by atoms with E-state index < -0.39 is 28.5 Å². The summed E-state index contributed by atoms with van der Waals surface area (Å²) < 4.78 is 29.1. The van der Waals surface area contributed by atoms with Gasteiger partial charge in [-0.25, -0.2) is 8.42 Å². The lowest BCUT2D eigenvalue weighted by molar-refractivity contribution is -0.140. The summed E-state index contributed by atoms with van der Waals surface area (Å²) in [6, 6.07) is 21.4. The quantitative estimate of drug-likeness (QED) is 0.275. The Morgan fingerprint density at radius 3 is 2.05 bits per heavy atom. The maximum absolute atomic E-state index is 14.2. The van der Waals surface area contributed by atoms with E-state index in [-0.39, 0.29) is 23.4 Å². The van der Waals surface area contributed by atoms with Gasteiger partial charge >= 0.3 is 0 Å². The van der Waals surface area contributed by atoms with Gasteiger partial charge in [0.25, 0.3) is 10.0 Å². The number of carbonyl (C=O) groups excluding carboxylic acids is 2. The summed E-state index contributed by atoms with van der Waals surface area (Å²) >= 11 is 6.46. The van der Waals surface area contributed by atoms with Crippen LogP contribution in [0.5, 0.6) is 0 Å². The second-order valence-electron chi connectivity index (χ2n) is 9.66. The summed E-state index contributed by atoms with van der Waals surface area (Å²) in [4.78, 5) is 29.1.